The van der Waals surface area contributed by atoms with Gasteiger partial charge in [-0.25, -0.2) is 0 Å². The van der Waals surface area contributed by atoms with E-state index in [4.69, 9.17) is 0 Å². The van der Waals surface area contributed by atoms with Gasteiger partial charge in [0, 0.05) is 18.2 Å². The Hall–Kier alpha value is -0.270. The number of nitrogens with one attached hydrogen (secondary N) is 2. The number of aliphatic hydroxyl groups is 1. The molecule has 96 valence electrons. The van der Waals surface area contributed by atoms with Crippen LogP contribution in [0.2, 0.25) is 0 Å². The molecule has 0 spiro atoms. The van der Waals surface area contributed by atoms with Crippen molar-refractivity contribution >= 4 is 41.4 Å². The molecule has 1 aliphatic rings. The number of amides is 1. The maximum absolute atomic E-state index is 11.6. The molecule has 17 heavy (non-hydrogen) atoms. The van der Waals surface area contributed by atoms with Gasteiger partial charge in [-0.05, 0) is 22.4 Å². The van der Waals surface area contributed by atoms with Gasteiger partial charge in [-0.2, -0.15) is 11.3 Å². The second kappa shape index (κ2) is 7.23. The highest BCUT2D eigenvalue weighted by molar-refractivity contribution is 7.99. The Morgan fingerprint density at radius 3 is 3.12 bits per heavy atom. The Morgan fingerprint density at radius 2 is 2.53 bits per heavy atom. The van der Waals surface area contributed by atoms with E-state index in [9.17, 15) is 9.90 Å². The normalized spacial score (nSPS) is 20.6. The maximum atomic E-state index is 11.6. The smallest absolute Gasteiger partial charge is 0.238 e. The molecule has 0 aliphatic carbocycles. The van der Waals surface area contributed by atoms with Crippen molar-refractivity contribution in [1.82, 2.24) is 10.6 Å². The molecule has 1 saturated heterocycles. The van der Waals surface area contributed by atoms with Gasteiger partial charge in [0.15, 0.2) is 0 Å². The van der Waals surface area contributed by atoms with E-state index in [0.717, 1.165) is 17.2 Å². The zero-order chi connectivity index (χ0) is 11.4. The second-order valence-corrected chi connectivity index (χ2v) is 5.40. The topological polar surface area (TPSA) is 61.4 Å². The summed E-state index contributed by atoms with van der Waals surface area (Å²) in [4.78, 5) is 11.6. The average Bonchev–Trinajstić information content (AvgIpc) is 2.95. The van der Waals surface area contributed by atoms with Crippen molar-refractivity contribution < 1.29 is 9.90 Å². The summed E-state index contributed by atoms with van der Waals surface area (Å²) >= 11 is 3.25. The first kappa shape index (κ1) is 14.8. The SMILES string of the molecule is Cl.O=C(NCC(O)c1ccsc1)[C@H]1CSCN1. The van der Waals surface area contributed by atoms with Crippen LogP contribution in [0, 0.1) is 0 Å². The summed E-state index contributed by atoms with van der Waals surface area (Å²) in [7, 11) is 0. The lowest BCUT2D eigenvalue weighted by molar-refractivity contribution is -0.122. The third-order valence-corrected chi connectivity index (χ3v) is 4.07. The van der Waals surface area contributed by atoms with Gasteiger partial charge in [-0.1, -0.05) is 0 Å². The van der Waals surface area contributed by atoms with Crippen LogP contribution >= 0.6 is 35.5 Å². The van der Waals surface area contributed by atoms with Crippen LogP contribution in [0.15, 0.2) is 16.8 Å². The fraction of sp³-hybridized carbons (Fsp3) is 0.500. The molecule has 1 aliphatic heterocycles. The van der Waals surface area contributed by atoms with Gasteiger partial charge in [-0.15, -0.1) is 24.2 Å². The lowest BCUT2D eigenvalue weighted by Gasteiger charge is -2.13. The summed E-state index contributed by atoms with van der Waals surface area (Å²) in [6.45, 7) is 0.276. The van der Waals surface area contributed by atoms with Crippen molar-refractivity contribution in [3.8, 4) is 0 Å². The summed E-state index contributed by atoms with van der Waals surface area (Å²) in [5.41, 5.74) is 0.860. The lowest BCUT2D eigenvalue weighted by Crippen LogP contribution is -2.43. The Kier molecular flexibility index (Phi) is 6.29. The summed E-state index contributed by atoms with van der Waals surface area (Å²) in [5.74, 6) is 1.60. The predicted octanol–water partition coefficient (Wildman–Crippen LogP) is 0.982. The molecule has 0 aromatic carbocycles. The Balaban J connectivity index is 0.00000144. The summed E-state index contributed by atoms with van der Waals surface area (Å²) < 4.78 is 0. The fourth-order valence-corrected chi connectivity index (χ4v) is 3.12. The Morgan fingerprint density at radius 1 is 1.71 bits per heavy atom. The van der Waals surface area contributed by atoms with Gasteiger partial charge in [0.1, 0.15) is 0 Å². The van der Waals surface area contributed by atoms with Crippen molar-refractivity contribution in [2.45, 2.75) is 12.1 Å². The van der Waals surface area contributed by atoms with Crippen LogP contribution in [0.25, 0.3) is 0 Å². The molecule has 1 aromatic heterocycles. The Labute approximate surface area is 115 Å². The molecule has 0 bridgehead atoms. The van der Waals surface area contributed by atoms with E-state index in [1.54, 1.807) is 11.8 Å². The monoisotopic (exact) mass is 294 g/mol. The van der Waals surface area contributed by atoms with E-state index in [1.807, 2.05) is 16.8 Å². The molecule has 2 heterocycles. The molecular weight excluding hydrogens is 280 g/mol. The fourth-order valence-electron chi connectivity index (χ4n) is 1.47. The quantitative estimate of drug-likeness (QED) is 0.775. The van der Waals surface area contributed by atoms with E-state index < -0.39 is 6.10 Å². The van der Waals surface area contributed by atoms with Crippen LogP contribution in [0.4, 0.5) is 0 Å². The Bertz CT molecular complexity index is 342. The zero-order valence-corrected chi connectivity index (χ0v) is 11.5. The van der Waals surface area contributed by atoms with E-state index in [1.165, 1.54) is 11.3 Å². The maximum Gasteiger partial charge on any atom is 0.238 e. The molecule has 0 saturated carbocycles. The second-order valence-electron chi connectivity index (χ2n) is 3.59. The molecule has 0 radical (unpaired) electrons. The molecule has 2 atom stereocenters. The van der Waals surface area contributed by atoms with E-state index in [2.05, 4.69) is 10.6 Å². The highest BCUT2D eigenvalue weighted by atomic mass is 35.5. The van der Waals surface area contributed by atoms with E-state index >= 15 is 0 Å². The van der Waals surface area contributed by atoms with Crippen LogP contribution in [0.1, 0.15) is 11.7 Å². The highest BCUT2D eigenvalue weighted by Crippen LogP contribution is 2.15. The minimum Gasteiger partial charge on any atom is -0.387 e. The number of hydrogen-bond donors (Lipinski definition) is 3. The van der Waals surface area contributed by atoms with Crippen LogP contribution in [-0.2, 0) is 4.79 Å². The molecule has 1 amide bonds. The first-order valence-corrected chi connectivity index (χ1v) is 7.16. The minimum atomic E-state index is -0.607. The van der Waals surface area contributed by atoms with Crippen molar-refractivity contribution in [2.24, 2.45) is 0 Å². The molecular formula is C10H15ClN2O2S2. The number of carbonyl (C=O) groups excluding carboxylic acids is 1. The van der Waals surface area contributed by atoms with Gasteiger partial charge < -0.3 is 10.4 Å². The number of thiophene rings is 1. The highest BCUT2D eigenvalue weighted by Gasteiger charge is 2.22. The van der Waals surface area contributed by atoms with Crippen molar-refractivity contribution in [3.63, 3.8) is 0 Å². The molecule has 3 N–H and O–H groups in total. The number of halogens is 1. The largest absolute Gasteiger partial charge is 0.387 e. The summed E-state index contributed by atoms with van der Waals surface area (Å²) in [5, 5.41) is 19.4. The van der Waals surface area contributed by atoms with E-state index in [-0.39, 0.29) is 30.9 Å². The van der Waals surface area contributed by atoms with Crippen molar-refractivity contribution in [3.05, 3.63) is 22.4 Å². The third kappa shape index (κ3) is 4.15. The van der Waals surface area contributed by atoms with Crippen molar-refractivity contribution in [1.29, 1.82) is 0 Å². The predicted molar refractivity (Wildman–Crippen MR) is 73.8 cm³/mol. The molecule has 4 nitrogen and oxygen atoms in total. The molecule has 7 heteroatoms. The van der Waals surface area contributed by atoms with Gasteiger partial charge in [0.05, 0.1) is 12.1 Å². The molecule has 1 unspecified atom stereocenters. The lowest BCUT2D eigenvalue weighted by atomic mass is 10.2. The first-order valence-electron chi connectivity index (χ1n) is 5.06. The standard InChI is InChI=1S/C10H14N2O2S2.ClH/c13-9(7-1-2-15-4-7)3-11-10(14)8-5-16-6-12-8;/h1-2,4,8-9,12-13H,3,5-6H2,(H,11,14);1H/t8-,9?;/m1./s1. The summed E-state index contributed by atoms with van der Waals surface area (Å²) in [6, 6.07) is 1.75. The first-order chi connectivity index (χ1) is 7.77. The van der Waals surface area contributed by atoms with Gasteiger partial charge in [0.25, 0.3) is 0 Å². The third-order valence-electron chi connectivity index (χ3n) is 2.43. The van der Waals surface area contributed by atoms with Crippen LogP contribution < -0.4 is 10.6 Å². The van der Waals surface area contributed by atoms with Crippen molar-refractivity contribution in [2.75, 3.05) is 18.2 Å². The number of rotatable bonds is 4. The van der Waals surface area contributed by atoms with Gasteiger partial charge >= 0.3 is 0 Å². The van der Waals surface area contributed by atoms with Crippen LogP contribution in [-0.4, -0.2) is 35.2 Å². The molecule has 1 fully saturated rings. The van der Waals surface area contributed by atoms with Crippen LogP contribution in [0.5, 0.6) is 0 Å². The van der Waals surface area contributed by atoms with E-state index in [0.29, 0.717) is 0 Å². The van der Waals surface area contributed by atoms with Crippen LogP contribution in [0.3, 0.4) is 0 Å². The minimum absolute atomic E-state index is 0. The average molecular weight is 295 g/mol. The number of aliphatic hydroxyl groups excluding tert-OH is 1. The molecule has 1 aromatic rings. The number of thioether (sulfide) groups is 1. The number of hydrogen-bond acceptors (Lipinski definition) is 5. The number of carbonyl (C=O) groups is 1. The van der Waals surface area contributed by atoms with Gasteiger partial charge in [0.2, 0.25) is 5.91 Å². The zero-order valence-electron chi connectivity index (χ0n) is 9.09. The van der Waals surface area contributed by atoms with Gasteiger partial charge in [-0.3, -0.25) is 10.1 Å². The molecule has 2 rings (SSSR count). The summed E-state index contributed by atoms with van der Waals surface area (Å²) in [6.07, 6.45) is -0.607.